The number of aromatic nitrogens is 3. The molecule has 1 aliphatic carbocycles. The second-order valence-electron chi connectivity index (χ2n) is 3.66. The first-order valence-corrected chi connectivity index (χ1v) is 5.38. The zero-order valence-corrected chi connectivity index (χ0v) is 9.14. The number of ether oxygens (including phenoxy) is 1. The van der Waals surface area contributed by atoms with Crippen LogP contribution < -0.4 is 0 Å². The minimum absolute atomic E-state index is 0.611. The Labute approximate surface area is 88.3 Å². The molecule has 0 bridgehead atoms. The summed E-state index contributed by atoms with van der Waals surface area (Å²) in [6.07, 6.45) is 3.80. The number of H-pyrrole nitrogens is 1. The van der Waals surface area contributed by atoms with Crippen molar-refractivity contribution in [3.05, 3.63) is 10.6 Å². The molecule has 1 N–H and O–H groups in total. The molecule has 1 heterocycles. The summed E-state index contributed by atoms with van der Waals surface area (Å²) in [7, 11) is 1.70. The maximum Gasteiger partial charge on any atom is 0.195 e. The first-order chi connectivity index (χ1) is 6.83. The molecule has 0 saturated heterocycles. The van der Waals surface area contributed by atoms with Crippen molar-refractivity contribution in [3.8, 4) is 0 Å². The van der Waals surface area contributed by atoms with Crippen molar-refractivity contribution in [2.75, 3.05) is 13.7 Å². The second kappa shape index (κ2) is 4.23. The van der Waals surface area contributed by atoms with Crippen LogP contribution in [-0.2, 0) is 11.3 Å². The molecule has 0 radical (unpaired) electrons. The fourth-order valence-corrected chi connectivity index (χ4v) is 1.94. The molecule has 1 aromatic heterocycles. The Bertz CT molecular complexity index is 353. The highest BCUT2D eigenvalue weighted by atomic mass is 32.1. The van der Waals surface area contributed by atoms with Gasteiger partial charge in [-0.2, -0.15) is 5.10 Å². The largest absolute Gasteiger partial charge is 0.383 e. The van der Waals surface area contributed by atoms with E-state index in [-0.39, 0.29) is 0 Å². The van der Waals surface area contributed by atoms with Crippen LogP contribution >= 0.6 is 12.2 Å². The molecular weight excluding hydrogens is 198 g/mol. The summed E-state index contributed by atoms with van der Waals surface area (Å²) in [5, 5.41) is 7.14. The van der Waals surface area contributed by atoms with Crippen LogP contribution in [0.25, 0.3) is 0 Å². The van der Waals surface area contributed by atoms with Gasteiger partial charge in [-0.1, -0.05) is 6.42 Å². The zero-order chi connectivity index (χ0) is 9.97. The third-order valence-corrected chi connectivity index (χ3v) is 3.09. The Morgan fingerprint density at radius 3 is 3.00 bits per heavy atom. The Morgan fingerprint density at radius 2 is 2.43 bits per heavy atom. The van der Waals surface area contributed by atoms with Crippen molar-refractivity contribution in [2.24, 2.45) is 0 Å². The predicted molar refractivity (Wildman–Crippen MR) is 55.9 cm³/mol. The van der Waals surface area contributed by atoms with E-state index in [1.807, 2.05) is 0 Å². The van der Waals surface area contributed by atoms with Gasteiger partial charge in [0.1, 0.15) is 5.82 Å². The number of methoxy groups -OCH3 is 1. The van der Waals surface area contributed by atoms with Crippen LogP contribution in [0.4, 0.5) is 0 Å². The first kappa shape index (κ1) is 9.86. The lowest BCUT2D eigenvalue weighted by Gasteiger charge is -2.24. The standard InChI is InChI=1S/C9H15N3OS/c1-13-6-5-12-8(7-3-2-4-7)10-11-9(12)14/h7H,2-6H2,1H3,(H,11,14). The van der Waals surface area contributed by atoms with Crippen molar-refractivity contribution in [1.29, 1.82) is 0 Å². The van der Waals surface area contributed by atoms with Crippen LogP contribution in [-0.4, -0.2) is 28.5 Å². The van der Waals surface area contributed by atoms with Crippen LogP contribution in [0.1, 0.15) is 31.0 Å². The van der Waals surface area contributed by atoms with Gasteiger partial charge in [-0.15, -0.1) is 0 Å². The van der Waals surface area contributed by atoms with Gasteiger partial charge in [0.25, 0.3) is 0 Å². The normalized spacial score (nSPS) is 16.9. The highest BCUT2D eigenvalue weighted by Gasteiger charge is 2.24. The minimum atomic E-state index is 0.611. The Balaban J connectivity index is 2.17. The third kappa shape index (κ3) is 1.74. The van der Waals surface area contributed by atoms with Gasteiger partial charge in [0.2, 0.25) is 0 Å². The second-order valence-corrected chi connectivity index (χ2v) is 4.05. The minimum Gasteiger partial charge on any atom is -0.383 e. The summed E-state index contributed by atoms with van der Waals surface area (Å²) in [6, 6.07) is 0. The van der Waals surface area contributed by atoms with Crippen molar-refractivity contribution in [2.45, 2.75) is 31.7 Å². The highest BCUT2D eigenvalue weighted by Crippen LogP contribution is 2.35. The summed E-state index contributed by atoms with van der Waals surface area (Å²) < 4.78 is 7.82. The van der Waals surface area contributed by atoms with Gasteiger partial charge < -0.3 is 9.30 Å². The van der Waals surface area contributed by atoms with E-state index < -0.39 is 0 Å². The molecule has 0 spiro atoms. The maximum atomic E-state index is 5.17. The number of nitrogens with zero attached hydrogens (tertiary/aromatic N) is 2. The quantitative estimate of drug-likeness (QED) is 0.776. The molecule has 0 aromatic carbocycles. The van der Waals surface area contributed by atoms with Gasteiger partial charge >= 0.3 is 0 Å². The molecule has 5 heteroatoms. The molecule has 14 heavy (non-hydrogen) atoms. The van der Waals surface area contributed by atoms with Crippen molar-refractivity contribution in [1.82, 2.24) is 14.8 Å². The summed E-state index contributed by atoms with van der Waals surface area (Å²) in [5.74, 6) is 1.72. The van der Waals surface area contributed by atoms with Gasteiger partial charge in [0.15, 0.2) is 4.77 Å². The first-order valence-electron chi connectivity index (χ1n) is 4.97. The lowest BCUT2D eigenvalue weighted by molar-refractivity contribution is 0.184. The Hall–Kier alpha value is -0.680. The molecule has 1 fully saturated rings. The molecule has 0 unspecified atom stereocenters. The number of hydrogen-bond acceptors (Lipinski definition) is 3. The highest BCUT2D eigenvalue weighted by molar-refractivity contribution is 7.71. The number of rotatable bonds is 4. The molecule has 0 atom stereocenters. The van der Waals surface area contributed by atoms with E-state index in [1.165, 1.54) is 19.3 Å². The topological polar surface area (TPSA) is 42.8 Å². The van der Waals surface area contributed by atoms with Crippen molar-refractivity contribution < 1.29 is 4.74 Å². The van der Waals surface area contributed by atoms with E-state index >= 15 is 0 Å². The lowest BCUT2D eigenvalue weighted by atomic mass is 9.85. The number of aromatic amines is 1. The third-order valence-electron chi connectivity index (χ3n) is 2.78. The van der Waals surface area contributed by atoms with E-state index in [4.69, 9.17) is 17.0 Å². The molecule has 0 aliphatic heterocycles. The number of nitrogens with one attached hydrogen (secondary N) is 1. The Morgan fingerprint density at radius 1 is 1.64 bits per heavy atom. The summed E-state index contributed by atoms with van der Waals surface area (Å²) in [4.78, 5) is 0. The fourth-order valence-electron chi connectivity index (χ4n) is 1.71. The molecule has 4 nitrogen and oxygen atoms in total. The summed E-state index contributed by atoms with van der Waals surface area (Å²) >= 11 is 5.17. The van der Waals surface area contributed by atoms with Gasteiger partial charge in [0.05, 0.1) is 6.61 Å². The van der Waals surface area contributed by atoms with Crippen LogP contribution in [0.5, 0.6) is 0 Å². The van der Waals surface area contributed by atoms with Gasteiger partial charge in [-0.05, 0) is 25.1 Å². The van der Waals surface area contributed by atoms with Gasteiger partial charge in [0, 0.05) is 19.6 Å². The molecule has 1 saturated carbocycles. The Kier molecular flexibility index (Phi) is 2.98. The molecular formula is C9H15N3OS. The molecule has 1 aliphatic rings. The predicted octanol–water partition coefficient (Wildman–Crippen LogP) is 1.85. The zero-order valence-electron chi connectivity index (χ0n) is 8.32. The van der Waals surface area contributed by atoms with E-state index in [0.29, 0.717) is 17.3 Å². The fraction of sp³-hybridized carbons (Fsp3) is 0.778. The molecule has 0 amide bonds. The summed E-state index contributed by atoms with van der Waals surface area (Å²) in [6.45, 7) is 1.49. The average Bonchev–Trinajstić information content (AvgIpc) is 2.42. The average molecular weight is 213 g/mol. The maximum absolute atomic E-state index is 5.17. The van der Waals surface area contributed by atoms with Gasteiger partial charge in [-0.25, -0.2) is 0 Å². The molecule has 78 valence electrons. The van der Waals surface area contributed by atoms with Crippen LogP contribution in [0.3, 0.4) is 0 Å². The van der Waals surface area contributed by atoms with Gasteiger partial charge in [-0.3, -0.25) is 5.10 Å². The van der Waals surface area contributed by atoms with E-state index in [9.17, 15) is 0 Å². The SMILES string of the molecule is COCCn1c(C2CCC2)n[nH]c1=S. The van der Waals surface area contributed by atoms with Crippen molar-refractivity contribution in [3.63, 3.8) is 0 Å². The van der Waals surface area contributed by atoms with Crippen LogP contribution in [0, 0.1) is 4.77 Å². The van der Waals surface area contributed by atoms with E-state index in [0.717, 1.165) is 12.4 Å². The summed E-state index contributed by atoms with van der Waals surface area (Å²) in [5.41, 5.74) is 0. The van der Waals surface area contributed by atoms with Crippen LogP contribution in [0.15, 0.2) is 0 Å². The lowest BCUT2D eigenvalue weighted by Crippen LogP contribution is -2.17. The van der Waals surface area contributed by atoms with Crippen LogP contribution in [0.2, 0.25) is 0 Å². The number of hydrogen-bond donors (Lipinski definition) is 1. The monoisotopic (exact) mass is 213 g/mol. The molecule has 2 rings (SSSR count). The molecule has 1 aromatic rings. The van der Waals surface area contributed by atoms with E-state index in [1.54, 1.807) is 7.11 Å². The van der Waals surface area contributed by atoms with E-state index in [2.05, 4.69) is 14.8 Å². The smallest absolute Gasteiger partial charge is 0.195 e. The van der Waals surface area contributed by atoms with Crippen molar-refractivity contribution >= 4 is 12.2 Å².